The van der Waals surface area contributed by atoms with Crippen LogP contribution in [0.1, 0.15) is 6.92 Å². The van der Waals surface area contributed by atoms with E-state index in [2.05, 4.69) is 5.32 Å². The summed E-state index contributed by atoms with van der Waals surface area (Å²) < 4.78 is 28.0. The zero-order valence-electron chi connectivity index (χ0n) is 10.6. The van der Waals surface area contributed by atoms with Gasteiger partial charge in [-0.2, -0.15) is 0 Å². The molecule has 0 aliphatic heterocycles. The third kappa shape index (κ3) is 5.27. The Labute approximate surface area is 112 Å². The lowest BCUT2D eigenvalue weighted by molar-refractivity contribution is -0.142. The van der Waals surface area contributed by atoms with Gasteiger partial charge in [0.05, 0.1) is 17.3 Å². The largest absolute Gasteiger partial charge is 0.480 e. The van der Waals surface area contributed by atoms with Crippen LogP contribution in [0.5, 0.6) is 0 Å². The molecule has 2 N–H and O–H groups in total. The summed E-state index contributed by atoms with van der Waals surface area (Å²) in [5, 5.41) is 11.4. The highest BCUT2D eigenvalue weighted by molar-refractivity contribution is 7.91. The standard InChI is InChI=1S/C12H17NO5S/c1-2-19(16,17)11-5-3-10(4-6-11)13-7-8-18-9-12(14)15/h3-6,13H,2,7-9H2,1H3,(H,14,15). The highest BCUT2D eigenvalue weighted by Crippen LogP contribution is 2.14. The van der Waals surface area contributed by atoms with Crippen molar-refractivity contribution in [3.63, 3.8) is 0 Å². The topological polar surface area (TPSA) is 92.7 Å². The number of hydrogen-bond acceptors (Lipinski definition) is 5. The number of rotatable bonds is 8. The maximum absolute atomic E-state index is 11.6. The van der Waals surface area contributed by atoms with Crippen molar-refractivity contribution in [1.82, 2.24) is 0 Å². The number of carbonyl (C=O) groups is 1. The Morgan fingerprint density at radius 1 is 1.32 bits per heavy atom. The molecular formula is C12H17NO5S. The summed E-state index contributed by atoms with van der Waals surface area (Å²) in [6.45, 7) is 1.99. The van der Waals surface area contributed by atoms with Gasteiger partial charge in [0.2, 0.25) is 0 Å². The van der Waals surface area contributed by atoms with E-state index in [4.69, 9.17) is 9.84 Å². The number of nitrogens with one attached hydrogen (secondary N) is 1. The molecule has 1 aromatic rings. The van der Waals surface area contributed by atoms with Gasteiger partial charge in [-0.25, -0.2) is 13.2 Å². The second kappa shape index (κ2) is 7.10. The zero-order valence-corrected chi connectivity index (χ0v) is 11.4. The van der Waals surface area contributed by atoms with E-state index in [1.807, 2.05) is 0 Å². The first kappa shape index (κ1) is 15.5. The van der Waals surface area contributed by atoms with Crippen molar-refractivity contribution in [2.24, 2.45) is 0 Å². The van der Waals surface area contributed by atoms with Crippen molar-refractivity contribution >= 4 is 21.5 Å². The Bertz CT molecular complexity index is 509. The number of aliphatic carboxylic acids is 1. The van der Waals surface area contributed by atoms with Crippen LogP contribution in [-0.2, 0) is 19.4 Å². The molecule has 7 heteroatoms. The molecule has 0 saturated carbocycles. The van der Waals surface area contributed by atoms with Crippen molar-refractivity contribution in [1.29, 1.82) is 0 Å². The summed E-state index contributed by atoms with van der Waals surface area (Å²) in [5.41, 5.74) is 0.758. The summed E-state index contributed by atoms with van der Waals surface area (Å²) in [6.07, 6.45) is 0. The average Bonchev–Trinajstić information content (AvgIpc) is 2.38. The van der Waals surface area contributed by atoms with E-state index in [1.165, 1.54) is 0 Å². The van der Waals surface area contributed by atoms with Gasteiger partial charge in [-0.3, -0.25) is 0 Å². The number of sulfone groups is 1. The number of anilines is 1. The number of hydrogen-bond donors (Lipinski definition) is 2. The molecule has 0 radical (unpaired) electrons. The minimum Gasteiger partial charge on any atom is -0.480 e. The molecule has 0 aromatic heterocycles. The lowest BCUT2D eigenvalue weighted by Gasteiger charge is -2.07. The van der Waals surface area contributed by atoms with Crippen LogP contribution in [0.25, 0.3) is 0 Å². The maximum Gasteiger partial charge on any atom is 0.329 e. The normalized spacial score (nSPS) is 11.2. The Kier molecular flexibility index (Phi) is 5.78. The third-order valence-electron chi connectivity index (χ3n) is 2.39. The smallest absolute Gasteiger partial charge is 0.329 e. The third-order valence-corrected chi connectivity index (χ3v) is 4.15. The first-order valence-corrected chi connectivity index (χ1v) is 7.47. The van der Waals surface area contributed by atoms with Gasteiger partial charge in [0.1, 0.15) is 6.61 Å². The highest BCUT2D eigenvalue weighted by atomic mass is 32.2. The van der Waals surface area contributed by atoms with Gasteiger partial charge >= 0.3 is 5.97 Å². The van der Waals surface area contributed by atoms with E-state index < -0.39 is 15.8 Å². The fourth-order valence-electron chi connectivity index (χ4n) is 1.37. The molecule has 0 fully saturated rings. The van der Waals surface area contributed by atoms with Crippen LogP contribution in [0.15, 0.2) is 29.2 Å². The van der Waals surface area contributed by atoms with Crippen molar-refractivity contribution in [3.8, 4) is 0 Å². The number of ether oxygens (including phenoxy) is 1. The predicted octanol–water partition coefficient (Wildman–Crippen LogP) is 0.993. The van der Waals surface area contributed by atoms with Crippen molar-refractivity contribution in [2.45, 2.75) is 11.8 Å². The van der Waals surface area contributed by atoms with E-state index in [1.54, 1.807) is 31.2 Å². The minimum atomic E-state index is -3.17. The number of carboxylic acid groups (broad SMARTS) is 1. The van der Waals surface area contributed by atoms with Crippen LogP contribution < -0.4 is 5.32 Å². The molecule has 0 unspecified atom stereocenters. The Balaban J connectivity index is 2.43. The molecule has 1 rings (SSSR count). The average molecular weight is 287 g/mol. The zero-order chi connectivity index (χ0) is 14.3. The Morgan fingerprint density at radius 2 is 1.95 bits per heavy atom. The summed E-state index contributed by atoms with van der Waals surface area (Å²) in [4.78, 5) is 10.5. The maximum atomic E-state index is 11.6. The van der Waals surface area contributed by atoms with Gasteiger partial charge in [-0.15, -0.1) is 0 Å². The fourth-order valence-corrected chi connectivity index (χ4v) is 2.26. The Morgan fingerprint density at radius 3 is 2.47 bits per heavy atom. The van der Waals surface area contributed by atoms with Gasteiger partial charge in [-0.1, -0.05) is 6.92 Å². The van der Waals surface area contributed by atoms with Crippen LogP contribution in [0, 0.1) is 0 Å². The molecule has 0 atom stereocenters. The van der Waals surface area contributed by atoms with E-state index in [9.17, 15) is 13.2 Å². The molecular weight excluding hydrogens is 270 g/mol. The molecule has 0 amide bonds. The summed E-state index contributed by atoms with van der Waals surface area (Å²) >= 11 is 0. The number of carboxylic acids is 1. The predicted molar refractivity (Wildman–Crippen MR) is 71.1 cm³/mol. The summed E-state index contributed by atoms with van der Waals surface area (Å²) in [7, 11) is -3.17. The molecule has 0 aliphatic carbocycles. The lowest BCUT2D eigenvalue weighted by Crippen LogP contribution is -2.14. The van der Waals surface area contributed by atoms with Gasteiger partial charge in [0.15, 0.2) is 9.84 Å². The molecule has 19 heavy (non-hydrogen) atoms. The van der Waals surface area contributed by atoms with Gasteiger partial charge in [0, 0.05) is 12.2 Å². The highest BCUT2D eigenvalue weighted by Gasteiger charge is 2.10. The molecule has 106 valence electrons. The second-order valence-corrected chi connectivity index (χ2v) is 6.08. The summed E-state index contributed by atoms with van der Waals surface area (Å²) in [5.74, 6) is -0.933. The number of benzene rings is 1. The fraction of sp³-hybridized carbons (Fsp3) is 0.417. The molecule has 1 aromatic carbocycles. The van der Waals surface area contributed by atoms with Crippen LogP contribution >= 0.6 is 0 Å². The molecule has 0 bridgehead atoms. The van der Waals surface area contributed by atoms with Crippen LogP contribution in [0.3, 0.4) is 0 Å². The van der Waals surface area contributed by atoms with Gasteiger partial charge in [0.25, 0.3) is 0 Å². The van der Waals surface area contributed by atoms with E-state index in [-0.39, 0.29) is 19.0 Å². The molecule has 0 spiro atoms. The van der Waals surface area contributed by atoms with Gasteiger partial charge in [-0.05, 0) is 24.3 Å². The molecule has 0 heterocycles. The molecule has 0 aliphatic rings. The van der Waals surface area contributed by atoms with E-state index in [0.717, 1.165) is 5.69 Å². The van der Waals surface area contributed by atoms with E-state index in [0.29, 0.717) is 11.4 Å². The van der Waals surface area contributed by atoms with Crippen LogP contribution in [0.2, 0.25) is 0 Å². The molecule has 0 saturated heterocycles. The SMILES string of the molecule is CCS(=O)(=O)c1ccc(NCCOCC(=O)O)cc1. The van der Waals surface area contributed by atoms with E-state index >= 15 is 0 Å². The quantitative estimate of drug-likeness (QED) is 0.693. The summed E-state index contributed by atoms with van der Waals surface area (Å²) in [6, 6.07) is 6.41. The first-order valence-electron chi connectivity index (χ1n) is 5.82. The van der Waals surface area contributed by atoms with Crippen molar-refractivity contribution in [2.75, 3.05) is 30.8 Å². The second-order valence-electron chi connectivity index (χ2n) is 3.80. The minimum absolute atomic E-state index is 0.0722. The van der Waals surface area contributed by atoms with Crippen molar-refractivity contribution < 1.29 is 23.1 Å². The van der Waals surface area contributed by atoms with Crippen LogP contribution in [0.4, 0.5) is 5.69 Å². The lowest BCUT2D eigenvalue weighted by atomic mass is 10.3. The Hall–Kier alpha value is -1.60. The monoisotopic (exact) mass is 287 g/mol. The van der Waals surface area contributed by atoms with Crippen LogP contribution in [-0.4, -0.2) is 45.0 Å². The van der Waals surface area contributed by atoms with Gasteiger partial charge < -0.3 is 15.2 Å². The van der Waals surface area contributed by atoms with Crippen molar-refractivity contribution in [3.05, 3.63) is 24.3 Å². The first-order chi connectivity index (χ1) is 8.95. The molecule has 6 nitrogen and oxygen atoms in total.